The van der Waals surface area contributed by atoms with Gasteiger partial charge in [0.1, 0.15) is 0 Å². The van der Waals surface area contributed by atoms with Crippen molar-refractivity contribution in [3.05, 3.63) is 12.3 Å². The maximum absolute atomic E-state index is 12.1. The van der Waals surface area contributed by atoms with E-state index in [0.717, 1.165) is 0 Å². The van der Waals surface area contributed by atoms with Crippen LogP contribution >= 0.6 is 0 Å². The van der Waals surface area contributed by atoms with Crippen molar-refractivity contribution < 1.29 is 13.5 Å². The van der Waals surface area contributed by atoms with Gasteiger partial charge in [-0.15, -0.1) is 0 Å². The van der Waals surface area contributed by atoms with Crippen LogP contribution in [0.2, 0.25) is 0 Å². The second-order valence-corrected chi connectivity index (χ2v) is 6.20. The molecular weight excluding hydrogens is 254 g/mol. The number of aryl methyl sites for hydroxylation is 1. The molecule has 0 unspecified atom stereocenters. The van der Waals surface area contributed by atoms with Crippen molar-refractivity contribution in [3.8, 4) is 0 Å². The Morgan fingerprint density at radius 3 is 2.44 bits per heavy atom. The first-order chi connectivity index (χ1) is 8.40. The normalized spacial score (nSPS) is 12.9. The van der Waals surface area contributed by atoms with Gasteiger partial charge in [0.2, 0.25) is 0 Å². The van der Waals surface area contributed by atoms with Gasteiger partial charge in [0.05, 0.1) is 6.20 Å². The van der Waals surface area contributed by atoms with Gasteiger partial charge in [-0.25, -0.2) is 13.1 Å². The third-order valence-corrected chi connectivity index (χ3v) is 5.00. The Labute approximate surface area is 108 Å². The van der Waals surface area contributed by atoms with Crippen molar-refractivity contribution in [3.63, 3.8) is 0 Å². The largest absolute Gasteiger partial charge is 0.396 e. The summed E-state index contributed by atoms with van der Waals surface area (Å²) < 4.78 is 28.0. The Morgan fingerprint density at radius 2 is 2.06 bits per heavy atom. The van der Waals surface area contributed by atoms with Crippen molar-refractivity contribution in [2.24, 2.45) is 12.5 Å². The van der Waals surface area contributed by atoms with Crippen LogP contribution in [0.15, 0.2) is 17.3 Å². The van der Waals surface area contributed by atoms with Crippen molar-refractivity contribution in [1.29, 1.82) is 0 Å². The van der Waals surface area contributed by atoms with E-state index in [-0.39, 0.29) is 18.2 Å². The van der Waals surface area contributed by atoms with Gasteiger partial charge < -0.3 is 5.11 Å². The predicted octanol–water partition coefficient (Wildman–Crippen LogP) is 0.497. The molecule has 0 saturated heterocycles. The van der Waals surface area contributed by atoms with E-state index in [1.165, 1.54) is 16.9 Å². The molecule has 0 amide bonds. The van der Waals surface area contributed by atoms with E-state index in [0.29, 0.717) is 12.8 Å². The lowest BCUT2D eigenvalue weighted by molar-refractivity contribution is 0.119. The molecule has 0 atom stereocenters. The second kappa shape index (κ2) is 5.81. The number of hydrogen-bond donors (Lipinski definition) is 2. The zero-order valence-electron chi connectivity index (χ0n) is 11.0. The number of aliphatic hydroxyl groups excluding tert-OH is 1. The minimum Gasteiger partial charge on any atom is -0.396 e. The van der Waals surface area contributed by atoms with E-state index in [1.54, 1.807) is 7.05 Å². The number of rotatable bonds is 7. The van der Waals surface area contributed by atoms with E-state index in [4.69, 9.17) is 0 Å². The average molecular weight is 275 g/mol. The molecule has 1 heterocycles. The maximum Gasteiger partial charge on any atom is 0.257 e. The number of nitrogens with zero attached hydrogens (tertiary/aromatic N) is 2. The molecule has 0 aliphatic rings. The first-order valence-electron chi connectivity index (χ1n) is 5.99. The Bertz CT molecular complexity index is 469. The van der Waals surface area contributed by atoms with Crippen LogP contribution in [0.4, 0.5) is 0 Å². The lowest BCUT2D eigenvalue weighted by Crippen LogP contribution is -2.39. The first kappa shape index (κ1) is 15.1. The van der Waals surface area contributed by atoms with Crippen LogP contribution in [-0.2, 0) is 17.1 Å². The molecule has 7 heteroatoms. The summed E-state index contributed by atoms with van der Waals surface area (Å²) in [5, 5.41) is 13.4. The summed E-state index contributed by atoms with van der Waals surface area (Å²) in [6.07, 6.45) is 2.87. The maximum atomic E-state index is 12.1. The van der Waals surface area contributed by atoms with Gasteiger partial charge in [-0.2, -0.15) is 5.10 Å². The summed E-state index contributed by atoms with van der Waals surface area (Å²) in [5.74, 6) is 0. The molecule has 0 saturated carbocycles. The Balaban J connectivity index is 2.83. The van der Waals surface area contributed by atoms with E-state index in [1.807, 2.05) is 13.8 Å². The van der Waals surface area contributed by atoms with Crippen LogP contribution in [-0.4, -0.2) is 36.5 Å². The summed E-state index contributed by atoms with van der Waals surface area (Å²) in [6, 6.07) is 1.45. The summed E-state index contributed by atoms with van der Waals surface area (Å²) in [6.45, 7) is 4.08. The van der Waals surface area contributed by atoms with Crippen LogP contribution in [0.1, 0.15) is 26.7 Å². The molecule has 6 nitrogen and oxygen atoms in total. The molecule has 1 rings (SSSR count). The average Bonchev–Trinajstić information content (AvgIpc) is 2.79. The first-order valence-corrected chi connectivity index (χ1v) is 7.47. The number of aliphatic hydroxyl groups is 1. The molecule has 0 spiro atoms. The topological polar surface area (TPSA) is 84.2 Å². The third kappa shape index (κ3) is 3.09. The predicted molar refractivity (Wildman–Crippen MR) is 68.5 cm³/mol. The molecular formula is C11H21N3O3S. The molecule has 104 valence electrons. The fourth-order valence-electron chi connectivity index (χ4n) is 1.73. The second-order valence-electron chi connectivity index (χ2n) is 4.48. The van der Waals surface area contributed by atoms with Gasteiger partial charge in [0, 0.05) is 25.6 Å². The molecule has 0 fully saturated rings. The zero-order chi connectivity index (χ0) is 13.8. The van der Waals surface area contributed by atoms with Crippen LogP contribution < -0.4 is 4.72 Å². The minimum absolute atomic E-state index is 0.0338. The summed E-state index contributed by atoms with van der Waals surface area (Å²) in [4.78, 5) is 0. The SMILES string of the molecule is CCC(CC)(CO)CNS(=O)(=O)c1ccnn1C. The van der Waals surface area contributed by atoms with E-state index < -0.39 is 15.4 Å². The van der Waals surface area contributed by atoms with Crippen LogP contribution in [0.5, 0.6) is 0 Å². The molecule has 1 aromatic heterocycles. The fraction of sp³-hybridized carbons (Fsp3) is 0.727. The van der Waals surface area contributed by atoms with Crippen molar-refractivity contribution in [2.75, 3.05) is 13.2 Å². The van der Waals surface area contributed by atoms with Crippen molar-refractivity contribution in [1.82, 2.24) is 14.5 Å². The molecule has 0 bridgehead atoms. The van der Waals surface area contributed by atoms with Crippen molar-refractivity contribution in [2.45, 2.75) is 31.7 Å². The smallest absolute Gasteiger partial charge is 0.257 e. The van der Waals surface area contributed by atoms with Gasteiger partial charge >= 0.3 is 0 Å². The molecule has 18 heavy (non-hydrogen) atoms. The van der Waals surface area contributed by atoms with E-state index in [2.05, 4.69) is 9.82 Å². The Hall–Kier alpha value is -0.920. The zero-order valence-corrected chi connectivity index (χ0v) is 11.9. The van der Waals surface area contributed by atoms with Gasteiger partial charge in [-0.3, -0.25) is 4.68 Å². The van der Waals surface area contributed by atoms with E-state index >= 15 is 0 Å². The van der Waals surface area contributed by atoms with Gasteiger partial charge in [0.25, 0.3) is 10.0 Å². The monoisotopic (exact) mass is 275 g/mol. The summed E-state index contributed by atoms with van der Waals surface area (Å²) in [5.41, 5.74) is -0.397. The van der Waals surface area contributed by atoms with Crippen LogP contribution in [0, 0.1) is 5.41 Å². The standard InChI is InChI=1S/C11H21N3O3S/c1-4-11(5-2,9-15)8-13-18(16,17)10-6-7-12-14(10)3/h6-7,13,15H,4-5,8-9H2,1-3H3. The molecule has 0 aliphatic carbocycles. The lowest BCUT2D eigenvalue weighted by Gasteiger charge is -2.29. The minimum atomic E-state index is -3.57. The van der Waals surface area contributed by atoms with Crippen LogP contribution in [0.25, 0.3) is 0 Å². The molecule has 2 N–H and O–H groups in total. The van der Waals surface area contributed by atoms with Crippen LogP contribution in [0.3, 0.4) is 0 Å². The Kier molecular flexibility index (Phi) is 4.89. The third-order valence-electron chi connectivity index (χ3n) is 3.52. The highest BCUT2D eigenvalue weighted by atomic mass is 32.2. The Morgan fingerprint density at radius 1 is 1.44 bits per heavy atom. The van der Waals surface area contributed by atoms with Crippen molar-refractivity contribution >= 4 is 10.0 Å². The van der Waals surface area contributed by atoms with Gasteiger partial charge in [-0.1, -0.05) is 13.8 Å². The number of sulfonamides is 1. The highest BCUT2D eigenvalue weighted by Gasteiger charge is 2.28. The summed E-state index contributed by atoms with van der Waals surface area (Å²) in [7, 11) is -1.99. The molecule has 0 radical (unpaired) electrons. The summed E-state index contributed by atoms with van der Waals surface area (Å²) >= 11 is 0. The number of nitrogens with one attached hydrogen (secondary N) is 1. The van der Waals surface area contributed by atoms with Gasteiger partial charge in [-0.05, 0) is 18.9 Å². The molecule has 1 aromatic rings. The fourth-order valence-corrected chi connectivity index (χ4v) is 3.01. The number of aromatic nitrogens is 2. The van der Waals surface area contributed by atoms with E-state index in [9.17, 15) is 13.5 Å². The highest BCUT2D eigenvalue weighted by molar-refractivity contribution is 7.89. The highest BCUT2D eigenvalue weighted by Crippen LogP contribution is 2.25. The molecule has 0 aliphatic heterocycles. The van der Waals surface area contributed by atoms with Gasteiger partial charge in [0.15, 0.2) is 5.03 Å². The quantitative estimate of drug-likeness (QED) is 0.759. The number of hydrogen-bond acceptors (Lipinski definition) is 4. The molecule has 0 aromatic carbocycles. The lowest BCUT2D eigenvalue weighted by atomic mass is 9.84.